The monoisotopic (exact) mass is 436 g/mol. The van der Waals surface area contributed by atoms with Crippen LogP contribution < -0.4 is 20.3 Å². The molecule has 0 radical (unpaired) electrons. The number of benzene rings is 2. The van der Waals surface area contributed by atoms with Crippen molar-refractivity contribution in [3.05, 3.63) is 87.8 Å². The van der Waals surface area contributed by atoms with E-state index in [2.05, 4.69) is 5.32 Å². The van der Waals surface area contributed by atoms with Crippen LogP contribution in [0.15, 0.2) is 63.9 Å². The van der Waals surface area contributed by atoms with Gasteiger partial charge in [-0.25, -0.2) is 4.39 Å². The second-order valence-electron chi connectivity index (χ2n) is 7.17. The Hall–Kier alpha value is -4.07. The smallest absolute Gasteiger partial charge is 0.262 e. The molecule has 0 spiro atoms. The quantitative estimate of drug-likeness (QED) is 0.486. The topological polar surface area (TPSA) is 82.7 Å². The molecule has 4 rings (SSSR count). The van der Waals surface area contributed by atoms with E-state index in [9.17, 15) is 14.0 Å². The summed E-state index contributed by atoms with van der Waals surface area (Å²) in [5.41, 5.74) is 1.22. The summed E-state index contributed by atoms with van der Waals surface area (Å²) in [7, 11) is 3.01. The highest BCUT2D eigenvalue weighted by Gasteiger charge is 2.23. The lowest BCUT2D eigenvalue weighted by atomic mass is 10.1. The molecule has 0 saturated carbocycles. The average molecular weight is 436 g/mol. The fourth-order valence-electron chi connectivity index (χ4n) is 3.55. The van der Waals surface area contributed by atoms with Crippen molar-refractivity contribution in [3.8, 4) is 11.5 Å². The van der Waals surface area contributed by atoms with Crippen molar-refractivity contribution in [2.75, 3.05) is 19.5 Å². The molecule has 2 aromatic heterocycles. The number of aromatic nitrogens is 1. The number of nitrogens with one attached hydrogen (secondary N) is 1. The van der Waals surface area contributed by atoms with Crippen LogP contribution in [0.4, 0.5) is 10.1 Å². The molecular formula is C24H21FN2O5. The lowest BCUT2D eigenvalue weighted by Crippen LogP contribution is -2.22. The molecule has 32 heavy (non-hydrogen) atoms. The number of hydrogen-bond acceptors (Lipinski definition) is 5. The predicted molar refractivity (Wildman–Crippen MR) is 118 cm³/mol. The van der Waals surface area contributed by atoms with Crippen molar-refractivity contribution in [1.29, 1.82) is 0 Å². The van der Waals surface area contributed by atoms with Crippen LogP contribution in [-0.4, -0.2) is 24.7 Å². The molecule has 2 heterocycles. The number of amides is 1. The number of carbonyl (C=O) groups is 1. The maximum Gasteiger partial charge on any atom is 0.262 e. The van der Waals surface area contributed by atoms with Gasteiger partial charge in [-0.05, 0) is 42.8 Å². The highest BCUT2D eigenvalue weighted by molar-refractivity contribution is 6.13. The molecule has 1 N–H and O–H groups in total. The van der Waals surface area contributed by atoms with E-state index in [0.29, 0.717) is 28.5 Å². The zero-order valence-electron chi connectivity index (χ0n) is 17.8. The maximum absolute atomic E-state index is 13.2. The van der Waals surface area contributed by atoms with E-state index < -0.39 is 5.91 Å². The van der Waals surface area contributed by atoms with Gasteiger partial charge in [-0.2, -0.15) is 0 Å². The summed E-state index contributed by atoms with van der Waals surface area (Å²) < 4.78 is 30.9. The van der Waals surface area contributed by atoms with Crippen LogP contribution in [0, 0.1) is 12.7 Å². The first-order valence-corrected chi connectivity index (χ1v) is 9.81. The Kier molecular flexibility index (Phi) is 5.68. The van der Waals surface area contributed by atoms with E-state index in [1.165, 1.54) is 30.9 Å². The number of aryl methyl sites for hydroxylation is 1. The highest BCUT2D eigenvalue weighted by atomic mass is 19.1. The van der Waals surface area contributed by atoms with Crippen molar-refractivity contribution in [2.45, 2.75) is 13.5 Å². The molecule has 0 atom stereocenters. The van der Waals surface area contributed by atoms with Gasteiger partial charge >= 0.3 is 0 Å². The molecule has 8 heteroatoms. The molecule has 1 amide bonds. The third-order valence-corrected chi connectivity index (χ3v) is 5.14. The Morgan fingerprint density at radius 2 is 1.84 bits per heavy atom. The number of fused-ring (bicyclic) bond motifs is 1. The van der Waals surface area contributed by atoms with Gasteiger partial charge in [-0.15, -0.1) is 0 Å². The number of carbonyl (C=O) groups excluding carboxylic acids is 1. The Labute approximate surface area is 183 Å². The molecule has 0 unspecified atom stereocenters. The fourth-order valence-corrected chi connectivity index (χ4v) is 3.55. The maximum atomic E-state index is 13.2. The van der Waals surface area contributed by atoms with E-state index in [0.717, 1.165) is 5.56 Å². The van der Waals surface area contributed by atoms with Crippen LogP contribution in [-0.2, 0) is 6.54 Å². The van der Waals surface area contributed by atoms with Crippen molar-refractivity contribution in [2.24, 2.45) is 0 Å². The summed E-state index contributed by atoms with van der Waals surface area (Å²) in [6, 6.07) is 12.5. The lowest BCUT2D eigenvalue weighted by Gasteiger charge is -2.12. The summed E-state index contributed by atoms with van der Waals surface area (Å²) in [6.45, 7) is 1.85. The van der Waals surface area contributed by atoms with Gasteiger partial charge in [0.15, 0.2) is 0 Å². The summed E-state index contributed by atoms with van der Waals surface area (Å²) in [6.07, 6.45) is 1.59. The predicted octanol–water partition coefficient (Wildman–Crippen LogP) is 4.36. The summed E-state index contributed by atoms with van der Waals surface area (Å²) in [5, 5.41) is 2.95. The van der Waals surface area contributed by atoms with Crippen molar-refractivity contribution in [1.82, 2.24) is 4.57 Å². The van der Waals surface area contributed by atoms with Gasteiger partial charge in [-0.1, -0.05) is 12.1 Å². The number of nitrogens with zero attached hydrogens (tertiary/aromatic N) is 1. The van der Waals surface area contributed by atoms with Gasteiger partial charge in [0.1, 0.15) is 28.7 Å². The largest absolute Gasteiger partial charge is 0.497 e. The first kappa shape index (κ1) is 21.2. The number of furan rings is 1. The number of anilines is 1. The summed E-state index contributed by atoms with van der Waals surface area (Å²) in [5.74, 6) is 0.434. The van der Waals surface area contributed by atoms with Crippen LogP contribution >= 0.6 is 0 Å². The minimum Gasteiger partial charge on any atom is -0.497 e. The first-order valence-electron chi connectivity index (χ1n) is 9.81. The molecule has 0 aliphatic heterocycles. The minimum atomic E-state index is -0.510. The van der Waals surface area contributed by atoms with E-state index in [1.54, 1.807) is 49.5 Å². The van der Waals surface area contributed by atoms with Gasteiger partial charge in [0.2, 0.25) is 0 Å². The molecular weight excluding hydrogens is 415 g/mol. The van der Waals surface area contributed by atoms with Crippen LogP contribution in [0.25, 0.3) is 11.0 Å². The molecule has 0 bridgehead atoms. The number of ether oxygens (including phenoxy) is 2. The molecule has 4 aromatic rings. The van der Waals surface area contributed by atoms with Crippen molar-refractivity contribution in [3.63, 3.8) is 0 Å². The van der Waals surface area contributed by atoms with Crippen LogP contribution in [0.1, 0.15) is 21.7 Å². The Morgan fingerprint density at radius 1 is 1.09 bits per heavy atom. The molecule has 2 aromatic carbocycles. The number of halogens is 1. The summed E-state index contributed by atoms with van der Waals surface area (Å²) >= 11 is 0. The van der Waals surface area contributed by atoms with Crippen LogP contribution in [0.3, 0.4) is 0 Å². The molecule has 0 aliphatic rings. The first-order chi connectivity index (χ1) is 15.4. The second-order valence-corrected chi connectivity index (χ2v) is 7.17. The van der Waals surface area contributed by atoms with Gasteiger partial charge in [0, 0.05) is 12.3 Å². The van der Waals surface area contributed by atoms with Crippen LogP contribution in [0.5, 0.6) is 11.5 Å². The number of rotatable bonds is 6. The Balaban J connectivity index is 1.74. The van der Waals surface area contributed by atoms with E-state index >= 15 is 0 Å². The SMILES string of the molecule is COc1ccc(OC)c(NC(=O)c2c(C)oc3ccn(Cc4ccc(F)cc4)c(=O)c23)c1. The number of hydrogen-bond donors (Lipinski definition) is 1. The third kappa shape index (κ3) is 3.94. The minimum absolute atomic E-state index is 0.142. The van der Waals surface area contributed by atoms with Crippen molar-refractivity contribution >= 4 is 22.6 Å². The molecule has 164 valence electrons. The van der Waals surface area contributed by atoms with Gasteiger partial charge < -0.3 is 23.8 Å². The third-order valence-electron chi connectivity index (χ3n) is 5.14. The fraction of sp³-hybridized carbons (Fsp3) is 0.167. The van der Waals surface area contributed by atoms with Gasteiger partial charge in [-0.3, -0.25) is 9.59 Å². The zero-order valence-corrected chi connectivity index (χ0v) is 17.8. The van der Waals surface area contributed by atoms with E-state index in [4.69, 9.17) is 13.9 Å². The van der Waals surface area contributed by atoms with Gasteiger partial charge in [0.05, 0.1) is 37.4 Å². The Bertz CT molecular complexity index is 1360. The molecule has 7 nitrogen and oxygen atoms in total. The lowest BCUT2D eigenvalue weighted by molar-refractivity contribution is 0.102. The number of methoxy groups -OCH3 is 2. The normalized spacial score (nSPS) is 10.9. The molecule has 0 fully saturated rings. The van der Waals surface area contributed by atoms with Gasteiger partial charge in [0.25, 0.3) is 11.5 Å². The second kappa shape index (κ2) is 8.58. The highest BCUT2D eigenvalue weighted by Crippen LogP contribution is 2.31. The van der Waals surface area contributed by atoms with Crippen molar-refractivity contribution < 1.29 is 23.1 Å². The average Bonchev–Trinajstić information content (AvgIpc) is 3.13. The van der Waals surface area contributed by atoms with E-state index in [1.807, 2.05) is 0 Å². The molecule has 0 saturated heterocycles. The zero-order chi connectivity index (χ0) is 22.8. The molecule has 0 aliphatic carbocycles. The number of pyridine rings is 1. The van der Waals surface area contributed by atoms with E-state index in [-0.39, 0.29) is 28.9 Å². The Morgan fingerprint density at radius 3 is 2.53 bits per heavy atom. The van der Waals surface area contributed by atoms with Crippen LogP contribution in [0.2, 0.25) is 0 Å². The standard InChI is InChI=1S/C24H21FN2O5/c1-14-21(23(28)26-18-12-17(30-2)8-9-19(18)31-3)22-20(32-14)10-11-27(24(22)29)13-15-4-6-16(25)7-5-15/h4-12H,13H2,1-3H3,(H,26,28). The summed E-state index contributed by atoms with van der Waals surface area (Å²) in [4.78, 5) is 26.4.